The molecule has 146 valence electrons. The average molecular weight is 380 g/mol. The van der Waals surface area contributed by atoms with Crippen LogP contribution in [0.5, 0.6) is 0 Å². The summed E-state index contributed by atoms with van der Waals surface area (Å²) >= 11 is 0. The van der Waals surface area contributed by atoms with Gasteiger partial charge in [0.05, 0.1) is 12.3 Å². The monoisotopic (exact) mass is 380 g/mol. The Labute approximate surface area is 165 Å². The maximum absolute atomic E-state index is 13.2. The Hall–Kier alpha value is -2.69. The van der Waals surface area contributed by atoms with E-state index in [1.54, 1.807) is 12.1 Å². The van der Waals surface area contributed by atoms with E-state index in [0.717, 1.165) is 42.5 Å². The molecule has 1 aliphatic carbocycles. The van der Waals surface area contributed by atoms with Gasteiger partial charge in [-0.3, -0.25) is 4.79 Å². The Morgan fingerprint density at radius 1 is 1.07 bits per heavy atom. The van der Waals surface area contributed by atoms with E-state index in [2.05, 4.69) is 5.16 Å². The molecule has 28 heavy (non-hydrogen) atoms. The molecule has 0 unspecified atom stereocenters. The number of amides is 1. The van der Waals surface area contributed by atoms with Gasteiger partial charge >= 0.3 is 0 Å². The summed E-state index contributed by atoms with van der Waals surface area (Å²) in [5.41, 5.74) is 2.78. The van der Waals surface area contributed by atoms with Crippen molar-refractivity contribution in [3.63, 3.8) is 0 Å². The third kappa shape index (κ3) is 4.41. The predicted molar refractivity (Wildman–Crippen MR) is 106 cm³/mol. The summed E-state index contributed by atoms with van der Waals surface area (Å²) in [6.45, 7) is 1.10. The number of hydrogen-bond donors (Lipinski definition) is 0. The zero-order valence-electron chi connectivity index (χ0n) is 15.9. The van der Waals surface area contributed by atoms with Gasteiger partial charge < -0.3 is 9.74 Å². The number of nitrogens with zero attached hydrogens (tertiary/aromatic N) is 2. The molecule has 1 heterocycles. The maximum Gasteiger partial charge on any atom is 0.226 e. The number of oxime groups is 1. The zero-order valence-corrected chi connectivity index (χ0v) is 15.9. The van der Waals surface area contributed by atoms with E-state index in [9.17, 15) is 9.18 Å². The normalized spacial score (nSPS) is 19.3. The van der Waals surface area contributed by atoms with E-state index in [-0.39, 0.29) is 23.7 Å². The van der Waals surface area contributed by atoms with Gasteiger partial charge in [-0.15, -0.1) is 0 Å². The second-order valence-electron chi connectivity index (χ2n) is 7.66. The summed E-state index contributed by atoms with van der Waals surface area (Å²) < 4.78 is 13.2. The lowest BCUT2D eigenvalue weighted by atomic mass is 10.0. The van der Waals surface area contributed by atoms with Gasteiger partial charge in [-0.1, -0.05) is 60.5 Å². The van der Waals surface area contributed by atoms with E-state index >= 15 is 0 Å². The van der Waals surface area contributed by atoms with Crippen molar-refractivity contribution in [2.24, 2.45) is 11.1 Å². The van der Waals surface area contributed by atoms with Crippen LogP contribution in [0, 0.1) is 11.7 Å². The summed E-state index contributed by atoms with van der Waals surface area (Å²) in [6, 6.07) is 16.3. The molecule has 1 atom stereocenters. The van der Waals surface area contributed by atoms with Crippen LogP contribution in [0.1, 0.15) is 43.2 Å². The summed E-state index contributed by atoms with van der Waals surface area (Å²) in [5, 5.41) is 4.19. The SMILES string of the molecule is O=C(C1CCCC1)N(Cc1ccccc1)C[C@H]1CC(c2ccc(F)cc2)=NO1. The summed E-state index contributed by atoms with van der Waals surface area (Å²) in [4.78, 5) is 20.7. The van der Waals surface area contributed by atoms with Crippen LogP contribution in [-0.4, -0.2) is 29.2 Å². The standard InChI is InChI=1S/C23H25FN2O2/c24-20-12-10-18(11-13-20)22-14-21(28-25-22)16-26(15-17-6-2-1-3-7-17)23(27)19-8-4-5-9-19/h1-3,6-7,10-13,19,21H,4-5,8-9,14-16H2/t21-/m1/s1. The minimum absolute atomic E-state index is 0.127. The highest BCUT2D eigenvalue weighted by molar-refractivity contribution is 6.01. The Bertz CT molecular complexity index is 829. The first-order valence-electron chi connectivity index (χ1n) is 10.0. The fourth-order valence-electron chi connectivity index (χ4n) is 4.05. The molecular weight excluding hydrogens is 355 g/mol. The topological polar surface area (TPSA) is 41.9 Å². The van der Waals surface area contributed by atoms with Crippen molar-refractivity contribution in [1.82, 2.24) is 4.90 Å². The average Bonchev–Trinajstić information content (AvgIpc) is 3.41. The molecule has 0 aromatic heterocycles. The van der Waals surface area contributed by atoms with Crippen molar-refractivity contribution in [1.29, 1.82) is 0 Å². The maximum atomic E-state index is 13.2. The molecule has 2 aromatic rings. The Kier molecular flexibility index (Phi) is 5.70. The molecule has 2 aliphatic rings. The lowest BCUT2D eigenvalue weighted by molar-refractivity contribution is -0.137. The molecule has 5 heteroatoms. The van der Waals surface area contributed by atoms with Gasteiger partial charge in [-0.25, -0.2) is 4.39 Å². The van der Waals surface area contributed by atoms with E-state index < -0.39 is 0 Å². The van der Waals surface area contributed by atoms with E-state index in [1.807, 2.05) is 35.2 Å². The minimum atomic E-state index is -0.268. The molecule has 4 nitrogen and oxygen atoms in total. The molecule has 1 amide bonds. The first-order chi connectivity index (χ1) is 13.7. The smallest absolute Gasteiger partial charge is 0.226 e. The molecule has 1 aliphatic heterocycles. The molecule has 0 saturated heterocycles. The first kappa shape index (κ1) is 18.7. The Morgan fingerprint density at radius 3 is 2.50 bits per heavy atom. The number of rotatable bonds is 6. The number of carbonyl (C=O) groups excluding carboxylic acids is 1. The van der Waals surface area contributed by atoms with E-state index in [4.69, 9.17) is 4.84 Å². The largest absolute Gasteiger partial charge is 0.390 e. The van der Waals surface area contributed by atoms with Crippen molar-refractivity contribution >= 4 is 11.6 Å². The van der Waals surface area contributed by atoms with Crippen LogP contribution in [0.25, 0.3) is 0 Å². The van der Waals surface area contributed by atoms with Gasteiger partial charge in [0.1, 0.15) is 5.82 Å². The number of benzene rings is 2. The molecule has 0 N–H and O–H groups in total. The Morgan fingerprint density at radius 2 is 1.79 bits per heavy atom. The van der Waals surface area contributed by atoms with Crippen LogP contribution in [0.4, 0.5) is 4.39 Å². The molecule has 4 rings (SSSR count). The highest BCUT2D eigenvalue weighted by Crippen LogP contribution is 2.28. The molecule has 1 fully saturated rings. The summed E-state index contributed by atoms with van der Waals surface area (Å²) in [5.74, 6) is 0.0822. The Balaban J connectivity index is 1.43. The van der Waals surface area contributed by atoms with Gasteiger partial charge in [0.15, 0.2) is 6.10 Å². The van der Waals surface area contributed by atoms with Crippen LogP contribution < -0.4 is 0 Å². The lowest BCUT2D eigenvalue weighted by Gasteiger charge is -2.27. The molecule has 0 bridgehead atoms. The van der Waals surface area contributed by atoms with Gasteiger partial charge in [-0.2, -0.15) is 0 Å². The fraction of sp³-hybridized carbons (Fsp3) is 0.391. The van der Waals surface area contributed by atoms with Crippen molar-refractivity contribution in [3.05, 3.63) is 71.5 Å². The van der Waals surface area contributed by atoms with Crippen molar-refractivity contribution in [2.45, 2.75) is 44.8 Å². The molecule has 0 radical (unpaired) electrons. The quantitative estimate of drug-likeness (QED) is 0.738. The van der Waals surface area contributed by atoms with Crippen LogP contribution >= 0.6 is 0 Å². The molecule has 0 spiro atoms. The van der Waals surface area contributed by atoms with Gasteiger partial charge in [0, 0.05) is 18.9 Å². The van der Waals surface area contributed by atoms with Crippen molar-refractivity contribution in [2.75, 3.05) is 6.54 Å². The van der Waals surface area contributed by atoms with Crippen LogP contribution in [0.3, 0.4) is 0 Å². The number of carbonyl (C=O) groups is 1. The van der Waals surface area contributed by atoms with Gasteiger partial charge in [-0.05, 0) is 36.1 Å². The highest BCUT2D eigenvalue weighted by Gasteiger charge is 2.31. The highest BCUT2D eigenvalue weighted by atomic mass is 19.1. The van der Waals surface area contributed by atoms with Crippen molar-refractivity contribution < 1.29 is 14.0 Å². The third-order valence-corrected chi connectivity index (χ3v) is 5.57. The molecule has 1 saturated carbocycles. The second kappa shape index (κ2) is 8.55. The minimum Gasteiger partial charge on any atom is -0.390 e. The summed E-state index contributed by atoms with van der Waals surface area (Å²) in [7, 11) is 0. The second-order valence-corrected chi connectivity index (χ2v) is 7.66. The fourth-order valence-corrected chi connectivity index (χ4v) is 4.05. The molecule has 2 aromatic carbocycles. The van der Waals surface area contributed by atoms with Crippen LogP contribution in [0.15, 0.2) is 59.8 Å². The van der Waals surface area contributed by atoms with Crippen molar-refractivity contribution in [3.8, 4) is 0 Å². The van der Waals surface area contributed by atoms with Gasteiger partial charge in [0.2, 0.25) is 5.91 Å². The zero-order chi connectivity index (χ0) is 19.3. The lowest BCUT2D eigenvalue weighted by Crippen LogP contribution is -2.40. The van der Waals surface area contributed by atoms with E-state index in [1.165, 1.54) is 12.1 Å². The number of halogens is 1. The first-order valence-corrected chi connectivity index (χ1v) is 10.0. The predicted octanol–water partition coefficient (Wildman–Crippen LogP) is 4.54. The summed E-state index contributed by atoms with van der Waals surface area (Å²) in [6.07, 6.45) is 4.67. The number of hydrogen-bond acceptors (Lipinski definition) is 3. The van der Waals surface area contributed by atoms with Gasteiger partial charge in [0.25, 0.3) is 0 Å². The van der Waals surface area contributed by atoms with Crippen LogP contribution in [0.2, 0.25) is 0 Å². The van der Waals surface area contributed by atoms with E-state index in [0.29, 0.717) is 19.5 Å². The third-order valence-electron chi connectivity index (χ3n) is 5.57. The van der Waals surface area contributed by atoms with Crippen LogP contribution in [-0.2, 0) is 16.2 Å². The molecular formula is C23H25FN2O2.